The smallest absolute Gasteiger partial charge is 0.338 e. The number of rotatable bonds is 2. The van der Waals surface area contributed by atoms with E-state index < -0.39 is 11.4 Å². The van der Waals surface area contributed by atoms with Gasteiger partial charge in [0.1, 0.15) is 5.76 Å². The maximum Gasteiger partial charge on any atom is 0.338 e. The van der Waals surface area contributed by atoms with E-state index in [9.17, 15) is 14.7 Å². The quantitative estimate of drug-likeness (QED) is 0.842. The maximum absolute atomic E-state index is 12.8. The van der Waals surface area contributed by atoms with Gasteiger partial charge in [-0.25, -0.2) is 4.79 Å². The fourth-order valence-corrected chi connectivity index (χ4v) is 2.69. The van der Waals surface area contributed by atoms with Crippen LogP contribution in [0.25, 0.3) is 11.0 Å². The van der Waals surface area contributed by atoms with Crippen molar-refractivity contribution in [3.05, 3.63) is 33.2 Å². The first kappa shape index (κ1) is 15.4. The third-order valence-electron chi connectivity index (χ3n) is 3.89. The Labute approximate surface area is 131 Å². The topological polar surface area (TPSA) is 95.2 Å². The summed E-state index contributed by atoms with van der Waals surface area (Å²) in [6.45, 7) is 1.96. The van der Waals surface area contributed by atoms with Crippen molar-refractivity contribution in [2.45, 2.75) is 26.1 Å². The first-order chi connectivity index (χ1) is 11.0. The lowest BCUT2D eigenvalue weighted by atomic mass is 10.0. The van der Waals surface area contributed by atoms with Crippen molar-refractivity contribution in [3.63, 3.8) is 0 Å². The molecule has 122 valence electrons. The maximum atomic E-state index is 12.8. The Kier molecular flexibility index (Phi) is 3.73. The fraction of sp³-hybridized carbons (Fsp3) is 0.375. The Morgan fingerprint density at radius 3 is 2.78 bits per heavy atom. The molecule has 7 heteroatoms. The van der Waals surface area contributed by atoms with Gasteiger partial charge in [-0.3, -0.25) is 4.79 Å². The van der Waals surface area contributed by atoms with Crippen molar-refractivity contribution < 1.29 is 28.5 Å². The highest BCUT2D eigenvalue weighted by molar-refractivity contribution is 6.05. The number of carbonyl (C=O) groups is 1. The van der Waals surface area contributed by atoms with Crippen LogP contribution in [0, 0.1) is 0 Å². The Morgan fingerprint density at radius 1 is 1.39 bits per heavy atom. The zero-order valence-electron chi connectivity index (χ0n) is 13.0. The van der Waals surface area contributed by atoms with Crippen molar-refractivity contribution in [1.29, 1.82) is 0 Å². The fourth-order valence-electron chi connectivity index (χ4n) is 2.69. The van der Waals surface area contributed by atoms with E-state index in [0.717, 1.165) is 0 Å². The van der Waals surface area contributed by atoms with Crippen molar-refractivity contribution in [2.75, 3.05) is 14.2 Å². The summed E-state index contributed by atoms with van der Waals surface area (Å²) in [7, 11) is 2.55. The van der Waals surface area contributed by atoms with Crippen LogP contribution >= 0.6 is 0 Å². The SMILES string of the molecule is COC(=O)c1cc(OC)c(O)c2oc3c(c(=O)c12)COC(C)C3. The molecule has 23 heavy (non-hydrogen) atoms. The third kappa shape index (κ3) is 2.33. The Hall–Kier alpha value is -2.54. The molecule has 0 radical (unpaired) electrons. The highest BCUT2D eigenvalue weighted by Gasteiger charge is 2.28. The molecule has 1 aliphatic rings. The largest absolute Gasteiger partial charge is 0.502 e. The van der Waals surface area contributed by atoms with Crippen molar-refractivity contribution in [1.82, 2.24) is 0 Å². The molecule has 1 unspecified atom stereocenters. The Morgan fingerprint density at radius 2 is 2.13 bits per heavy atom. The van der Waals surface area contributed by atoms with Crippen LogP contribution < -0.4 is 10.2 Å². The summed E-state index contributed by atoms with van der Waals surface area (Å²) in [5.74, 6) is -0.568. The van der Waals surface area contributed by atoms with Gasteiger partial charge < -0.3 is 23.7 Å². The average Bonchev–Trinajstić information content (AvgIpc) is 2.55. The summed E-state index contributed by atoms with van der Waals surface area (Å²) in [5, 5.41) is 10.2. The molecule has 0 fully saturated rings. The van der Waals surface area contributed by atoms with Crippen LogP contribution in [0.1, 0.15) is 28.6 Å². The number of methoxy groups -OCH3 is 2. The van der Waals surface area contributed by atoms with Crippen LogP contribution in [0.4, 0.5) is 0 Å². The molecule has 1 aromatic carbocycles. The van der Waals surface area contributed by atoms with E-state index in [1.165, 1.54) is 20.3 Å². The molecular formula is C16H16O7. The van der Waals surface area contributed by atoms with Gasteiger partial charge in [-0.1, -0.05) is 0 Å². The second kappa shape index (κ2) is 5.58. The van der Waals surface area contributed by atoms with Gasteiger partial charge in [-0.15, -0.1) is 0 Å². The first-order valence-corrected chi connectivity index (χ1v) is 7.06. The summed E-state index contributed by atoms with van der Waals surface area (Å²) in [6.07, 6.45) is 0.306. The van der Waals surface area contributed by atoms with Crippen LogP contribution in [-0.2, 0) is 22.5 Å². The number of ether oxygens (including phenoxy) is 3. The predicted octanol–water partition coefficient (Wildman–Crippen LogP) is 1.75. The Bertz CT molecular complexity index is 850. The van der Waals surface area contributed by atoms with Gasteiger partial charge in [0.05, 0.1) is 43.4 Å². The molecular weight excluding hydrogens is 304 g/mol. The first-order valence-electron chi connectivity index (χ1n) is 7.06. The molecule has 3 rings (SSSR count). The number of hydrogen-bond acceptors (Lipinski definition) is 7. The Balaban J connectivity index is 2.43. The van der Waals surface area contributed by atoms with E-state index in [1.54, 1.807) is 0 Å². The van der Waals surface area contributed by atoms with Crippen LogP contribution in [-0.4, -0.2) is 31.4 Å². The molecule has 0 amide bonds. The molecule has 7 nitrogen and oxygen atoms in total. The molecule has 0 saturated heterocycles. The minimum atomic E-state index is -0.717. The minimum Gasteiger partial charge on any atom is -0.502 e. The van der Waals surface area contributed by atoms with E-state index in [-0.39, 0.29) is 40.7 Å². The van der Waals surface area contributed by atoms with Crippen molar-refractivity contribution in [3.8, 4) is 11.5 Å². The summed E-state index contributed by atoms with van der Waals surface area (Å²) in [4.78, 5) is 24.8. The van der Waals surface area contributed by atoms with Gasteiger partial charge in [0.25, 0.3) is 0 Å². The van der Waals surface area contributed by atoms with E-state index in [2.05, 4.69) is 0 Å². The predicted molar refractivity (Wildman–Crippen MR) is 80.0 cm³/mol. The number of benzene rings is 1. The molecule has 0 spiro atoms. The zero-order valence-corrected chi connectivity index (χ0v) is 13.0. The van der Waals surface area contributed by atoms with E-state index in [0.29, 0.717) is 17.7 Å². The number of fused-ring (bicyclic) bond motifs is 2. The van der Waals surface area contributed by atoms with Gasteiger partial charge in [-0.05, 0) is 13.0 Å². The molecule has 2 heterocycles. The number of carbonyl (C=O) groups excluding carboxylic acids is 1. The number of hydrogen-bond donors (Lipinski definition) is 1. The highest BCUT2D eigenvalue weighted by atomic mass is 16.5. The summed E-state index contributed by atoms with van der Waals surface area (Å²) < 4.78 is 21.0. The van der Waals surface area contributed by atoms with Gasteiger partial charge >= 0.3 is 5.97 Å². The lowest BCUT2D eigenvalue weighted by Crippen LogP contribution is -2.26. The molecule has 0 bridgehead atoms. The molecule has 1 N–H and O–H groups in total. The number of phenols is 1. The van der Waals surface area contributed by atoms with Crippen LogP contribution in [0.5, 0.6) is 11.5 Å². The van der Waals surface area contributed by atoms with Gasteiger partial charge in [0, 0.05) is 6.42 Å². The summed E-state index contributed by atoms with van der Waals surface area (Å²) in [6, 6.07) is 1.26. The second-order valence-corrected chi connectivity index (χ2v) is 5.33. The lowest BCUT2D eigenvalue weighted by molar-refractivity contribution is 0.0333. The molecule has 1 aliphatic heterocycles. The van der Waals surface area contributed by atoms with Crippen molar-refractivity contribution in [2.24, 2.45) is 0 Å². The minimum absolute atomic E-state index is 0.0210. The molecule has 0 aliphatic carbocycles. The highest BCUT2D eigenvalue weighted by Crippen LogP contribution is 2.37. The van der Waals surface area contributed by atoms with Crippen LogP contribution in [0.2, 0.25) is 0 Å². The van der Waals surface area contributed by atoms with E-state index in [4.69, 9.17) is 18.6 Å². The molecule has 2 aromatic rings. The van der Waals surface area contributed by atoms with E-state index in [1.807, 2.05) is 6.92 Å². The number of aromatic hydroxyl groups is 1. The van der Waals surface area contributed by atoms with Gasteiger partial charge in [0.15, 0.2) is 16.8 Å². The monoisotopic (exact) mass is 320 g/mol. The third-order valence-corrected chi connectivity index (χ3v) is 3.89. The number of esters is 1. The van der Waals surface area contributed by atoms with E-state index >= 15 is 0 Å². The van der Waals surface area contributed by atoms with Gasteiger partial charge in [0.2, 0.25) is 5.75 Å². The normalized spacial score (nSPS) is 16.9. The van der Waals surface area contributed by atoms with Crippen LogP contribution in [0.15, 0.2) is 15.3 Å². The average molecular weight is 320 g/mol. The lowest BCUT2D eigenvalue weighted by Gasteiger charge is -2.21. The number of phenolic OH excluding ortho intramolecular Hbond substituents is 1. The summed E-state index contributed by atoms with van der Waals surface area (Å²) >= 11 is 0. The molecule has 1 aromatic heterocycles. The molecule has 1 atom stereocenters. The van der Waals surface area contributed by atoms with Gasteiger partial charge in [-0.2, -0.15) is 0 Å². The standard InChI is InChI=1S/C16H16O7/c1-7-4-10-9(6-22-7)13(17)12-8(16(19)21-3)5-11(20-2)14(18)15(12)23-10/h5,7,18H,4,6H2,1-3H3. The van der Waals surface area contributed by atoms with Crippen LogP contribution in [0.3, 0.4) is 0 Å². The molecule has 0 saturated carbocycles. The zero-order chi connectivity index (χ0) is 16.7. The van der Waals surface area contributed by atoms with Crippen molar-refractivity contribution >= 4 is 16.9 Å². The second-order valence-electron chi connectivity index (χ2n) is 5.33. The summed E-state index contributed by atoms with van der Waals surface area (Å²) in [5.41, 5.74) is -0.160.